The van der Waals surface area contributed by atoms with Crippen LogP contribution in [0.5, 0.6) is 0 Å². The number of carbonyl (C=O) groups is 2. The molecule has 10 atom stereocenters. The number of aliphatic hydroxyl groups is 1. The zero-order valence-corrected chi connectivity index (χ0v) is 35.6. The third-order valence-electron chi connectivity index (χ3n) is 15.4. The van der Waals surface area contributed by atoms with Gasteiger partial charge in [-0.15, -0.1) is 0 Å². The van der Waals surface area contributed by atoms with Crippen LogP contribution in [-0.4, -0.2) is 36.0 Å². The number of hydrogen-bond donors (Lipinski definition) is 1. The van der Waals surface area contributed by atoms with Gasteiger partial charge in [-0.3, -0.25) is 4.79 Å². The number of aliphatic hydroxyl groups excluding tert-OH is 1. The molecule has 6 heteroatoms. The molecule has 1 unspecified atom stereocenters. The van der Waals surface area contributed by atoms with Gasteiger partial charge in [0.1, 0.15) is 6.10 Å². The lowest BCUT2D eigenvalue weighted by molar-refractivity contribution is -0.229. The lowest BCUT2D eigenvalue weighted by Gasteiger charge is -2.69. The quantitative estimate of drug-likeness (QED) is 0.119. The van der Waals surface area contributed by atoms with E-state index < -0.39 is 36.4 Å². The number of carbonyl (C=O) groups excluding carboxylic acids is 2. The predicted molar refractivity (Wildman–Crippen MR) is 221 cm³/mol. The molecule has 0 amide bonds. The molecular formula is C49H68O6. The average Bonchev–Trinajstić information content (AvgIpc) is 3.38. The van der Waals surface area contributed by atoms with E-state index in [0.717, 1.165) is 36.8 Å². The van der Waals surface area contributed by atoms with Crippen molar-refractivity contribution in [2.45, 2.75) is 140 Å². The Labute approximate surface area is 331 Å². The summed E-state index contributed by atoms with van der Waals surface area (Å²) in [6, 6.07) is 14.8. The van der Waals surface area contributed by atoms with Gasteiger partial charge in [0.15, 0.2) is 0 Å². The molecule has 55 heavy (non-hydrogen) atoms. The second-order valence-corrected chi connectivity index (χ2v) is 19.9. The van der Waals surface area contributed by atoms with Gasteiger partial charge in [-0.25, -0.2) is 4.79 Å². The molecule has 4 saturated carbocycles. The molecule has 300 valence electrons. The van der Waals surface area contributed by atoms with E-state index in [1.54, 1.807) is 20.8 Å². The first-order chi connectivity index (χ1) is 25.7. The maximum absolute atomic E-state index is 14.6. The molecule has 0 spiro atoms. The second-order valence-electron chi connectivity index (χ2n) is 19.9. The van der Waals surface area contributed by atoms with Crippen LogP contribution in [-0.2, 0) is 23.8 Å². The monoisotopic (exact) mass is 753 g/mol. The normalized spacial score (nSPS) is 35.2. The number of ether oxygens (including phenoxy) is 3. The van der Waals surface area contributed by atoms with E-state index in [1.807, 2.05) is 6.92 Å². The highest BCUT2D eigenvalue weighted by Crippen LogP contribution is 2.74. The third-order valence-corrected chi connectivity index (χ3v) is 15.4. The predicted octanol–water partition coefficient (Wildman–Crippen LogP) is 11.6. The van der Waals surface area contributed by atoms with Crippen molar-refractivity contribution < 1.29 is 28.9 Å². The van der Waals surface area contributed by atoms with Crippen LogP contribution in [0.4, 0.5) is 0 Å². The smallest absolute Gasteiger partial charge is 0.336 e. The molecule has 0 heterocycles. The number of hydrogen-bond acceptors (Lipinski definition) is 6. The number of esters is 2. The van der Waals surface area contributed by atoms with Crippen molar-refractivity contribution in [3.8, 4) is 0 Å². The Kier molecular flexibility index (Phi) is 11.4. The molecule has 0 saturated heterocycles. The average molecular weight is 753 g/mol. The van der Waals surface area contributed by atoms with E-state index in [0.29, 0.717) is 48.3 Å². The fourth-order valence-electron chi connectivity index (χ4n) is 12.4. The molecule has 4 aliphatic rings. The van der Waals surface area contributed by atoms with Crippen molar-refractivity contribution in [1.29, 1.82) is 0 Å². The van der Waals surface area contributed by atoms with Gasteiger partial charge in [-0.2, -0.15) is 0 Å². The van der Waals surface area contributed by atoms with Crippen molar-refractivity contribution in [1.82, 2.24) is 0 Å². The van der Waals surface area contributed by atoms with Gasteiger partial charge in [0.05, 0.1) is 17.3 Å². The van der Waals surface area contributed by atoms with Crippen molar-refractivity contribution in [3.63, 3.8) is 0 Å². The summed E-state index contributed by atoms with van der Waals surface area (Å²) < 4.78 is 18.0. The van der Waals surface area contributed by atoms with Gasteiger partial charge >= 0.3 is 11.9 Å². The van der Waals surface area contributed by atoms with Crippen LogP contribution >= 0.6 is 0 Å². The van der Waals surface area contributed by atoms with Crippen LogP contribution in [0.2, 0.25) is 0 Å². The van der Waals surface area contributed by atoms with Crippen LogP contribution in [0, 0.1) is 51.2 Å². The molecular weight excluding hydrogens is 685 g/mol. The lowest BCUT2D eigenvalue weighted by Crippen LogP contribution is -2.65. The van der Waals surface area contributed by atoms with Crippen LogP contribution in [0.1, 0.15) is 133 Å². The van der Waals surface area contributed by atoms with E-state index in [1.165, 1.54) is 28.3 Å². The van der Waals surface area contributed by atoms with E-state index in [4.69, 9.17) is 14.2 Å². The van der Waals surface area contributed by atoms with Crippen LogP contribution in [0.3, 0.4) is 0 Å². The van der Waals surface area contributed by atoms with Gasteiger partial charge in [-0.05, 0) is 166 Å². The molecule has 4 aliphatic carbocycles. The molecule has 6 nitrogen and oxygen atoms in total. The molecule has 0 radical (unpaired) electrons. The van der Waals surface area contributed by atoms with E-state index in [2.05, 4.69) is 97.5 Å². The minimum Gasteiger partial charge on any atom is -0.491 e. The summed E-state index contributed by atoms with van der Waals surface area (Å²) in [6.45, 7) is 27.4. The van der Waals surface area contributed by atoms with Crippen molar-refractivity contribution in [2.24, 2.45) is 51.2 Å². The van der Waals surface area contributed by atoms with Gasteiger partial charge in [-0.1, -0.05) is 89.2 Å². The molecule has 0 aliphatic heterocycles. The minimum absolute atomic E-state index is 0.0407. The zero-order valence-electron chi connectivity index (χ0n) is 35.6. The van der Waals surface area contributed by atoms with Crippen LogP contribution in [0.25, 0.3) is 16.3 Å². The third kappa shape index (κ3) is 7.23. The van der Waals surface area contributed by atoms with E-state index in [-0.39, 0.29) is 28.1 Å². The fraction of sp³-hybridized carbons (Fsp3) is 0.633. The first-order valence-electron chi connectivity index (χ1n) is 21.0. The van der Waals surface area contributed by atoms with Crippen LogP contribution < -0.4 is 0 Å². The SMILES string of the molecule is C=C(C)OC1C[C@@]2(C)[C@@H](C[C@@H](O)[C@H]3[C@@]4(C)CC[C@@H](C)[C@H](C)[C@@H]4CC[C@@]32C)/C1=C(\CCC(=C(C)C)c1cccc2ccccc12)C(=O)OCOC(=O)C(C)(C)C. The van der Waals surface area contributed by atoms with Gasteiger partial charge in [0.25, 0.3) is 0 Å². The summed E-state index contributed by atoms with van der Waals surface area (Å²) in [4.78, 5) is 27.3. The first-order valence-corrected chi connectivity index (χ1v) is 21.0. The highest BCUT2D eigenvalue weighted by Gasteiger charge is 2.70. The van der Waals surface area contributed by atoms with Crippen molar-refractivity contribution in [3.05, 3.63) is 77.1 Å². The van der Waals surface area contributed by atoms with E-state index in [9.17, 15) is 14.7 Å². The Hall–Kier alpha value is -3.38. The zero-order chi connectivity index (χ0) is 40.2. The Bertz CT molecular complexity index is 1870. The summed E-state index contributed by atoms with van der Waals surface area (Å²) in [5, 5.41) is 14.9. The Morgan fingerprint density at radius 3 is 2.27 bits per heavy atom. The highest BCUT2D eigenvalue weighted by atomic mass is 16.7. The molecule has 1 N–H and O–H groups in total. The van der Waals surface area contributed by atoms with Crippen LogP contribution in [0.15, 0.2) is 71.5 Å². The standard InChI is InChI=1S/C49H68O6/c1-29(2)34(36-19-15-17-33-16-13-14-18-35(33)36)20-21-37(44(51)53-28-54-45(52)46(7,8)9)42-39-26-40(50)43-47(10)24-22-31(5)32(6)38(47)23-25-48(43,11)49(39,12)27-41(42)55-30(3)4/h13-19,31-32,38-41,43,50H,3,20-28H2,1-2,4-12H3/b42-37-/t31-,32+,38+,39+,40-,41?,43+,47+,48+,49+/m1/s1. The van der Waals surface area contributed by atoms with Crippen molar-refractivity contribution >= 4 is 28.3 Å². The molecule has 6 rings (SSSR count). The number of benzene rings is 2. The molecule has 0 bridgehead atoms. The highest BCUT2D eigenvalue weighted by molar-refractivity contribution is 5.95. The maximum Gasteiger partial charge on any atom is 0.336 e. The largest absolute Gasteiger partial charge is 0.491 e. The molecule has 0 aromatic heterocycles. The summed E-state index contributed by atoms with van der Waals surface area (Å²) in [7, 11) is 0. The Morgan fingerprint density at radius 1 is 0.909 bits per heavy atom. The summed E-state index contributed by atoms with van der Waals surface area (Å²) >= 11 is 0. The molecule has 4 fully saturated rings. The Balaban J connectivity index is 1.45. The van der Waals surface area contributed by atoms with E-state index >= 15 is 0 Å². The second kappa shape index (κ2) is 15.2. The molecule has 2 aromatic rings. The molecule has 2 aromatic carbocycles. The number of fused-ring (bicyclic) bond motifs is 6. The fourth-order valence-corrected chi connectivity index (χ4v) is 12.4. The summed E-state index contributed by atoms with van der Waals surface area (Å²) in [5.41, 5.74) is 3.92. The maximum atomic E-state index is 14.6. The van der Waals surface area contributed by atoms with Gasteiger partial charge in [0.2, 0.25) is 6.79 Å². The summed E-state index contributed by atoms with van der Waals surface area (Å²) in [6.07, 6.45) is 5.95. The Morgan fingerprint density at radius 2 is 1.60 bits per heavy atom. The number of rotatable bonds is 9. The summed E-state index contributed by atoms with van der Waals surface area (Å²) in [5.74, 6) is 1.63. The first kappa shape index (κ1) is 41.3. The minimum atomic E-state index is -0.730. The van der Waals surface area contributed by atoms with Gasteiger partial charge < -0.3 is 19.3 Å². The van der Waals surface area contributed by atoms with Crippen molar-refractivity contribution in [2.75, 3.05) is 6.79 Å². The number of allylic oxidation sites excluding steroid dienone is 3. The lowest BCUT2D eigenvalue weighted by atomic mass is 9.36. The topological polar surface area (TPSA) is 82.1 Å². The van der Waals surface area contributed by atoms with Gasteiger partial charge in [0, 0.05) is 5.57 Å².